The molecule has 0 heterocycles. The maximum Gasteiger partial charge on any atom is 0.139 e. The fourth-order valence-corrected chi connectivity index (χ4v) is 2.01. The zero-order valence-corrected chi connectivity index (χ0v) is 11.5. The van der Waals surface area contributed by atoms with Crippen LogP contribution < -0.4 is 5.73 Å². The average Bonchev–Trinajstić information content (AvgIpc) is 2.09. The van der Waals surface area contributed by atoms with Crippen molar-refractivity contribution in [2.75, 3.05) is 0 Å². The lowest BCUT2D eigenvalue weighted by molar-refractivity contribution is 0.445. The molecule has 0 radical (unpaired) electrons. The van der Waals surface area contributed by atoms with E-state index in [4.69, 9.17) is 28.9 Å². The topological polar surface area (TPSA) is 46.2 Å². The van der Waals surface area contributed by atoms with Crippen molar-refractivity contribution in [2.45, 2.75) is 26.3 Å². The smallest absolute Gasteiger partial charge is 0.139 e. The van der Waals surface area contributed by atoms with Crippen LogP contribution in [0.1, 0.15) is 31.9 Å². The van der Waals surface area contributed by atoms with Gasteiger partial charge in [-0.3, -0.25) is 0 Å². The van der Waals surface area contributed by atoms with Gasteiger partial charge in [0.2, 0.25) is 0 Å². The van der Waals surface area contributed by atoms with Gasteiger partial charge in [0.05, 0.1) is 5.02 Å². The molecule has 92 valence electrons. The number of phenolic OH excluding ortho intramolecular Hbond substituents is 1. The van der Waals surface area contributed by atoms with Gasteiger partial charge in [-0.25, -0.2) is 0 Å². The highest BCUT2D eigenvalue weighted by Gasteiger charge is 2.15. The van der Waals surface area contributed by atoms with Gasteiger partial charge in [0.1, 0.15) is 5.75 Å². The number of aromatic hydroxyl groups is 1. The highest BCUT2D eigenvalue weighted by atomic mass is 35.5. The summed E-state index contributed by atoms with van der Waals surface area (Å²) >= 11 is 11.7. The minimum atomic E-state index is -0.235. The van der Waals surface area contributed by atoms with E-state index in [-0.39, 0.29) is 29.2 Å². The van der Waals surface area contributed by atoms with E-state index in [1.54, 1.807) is 6.07 Å². The molecular formula is C11H16Cl3NO. The van der Waals surface area contributed by atoms with E-state index in [0.717, 1.165) is 6.42 Å². The largest absolute Gasteiger partial charge is 0.506 e. The molecule has 0 aliphatic heterocycles. The molecule has 1 aromatic rings. The molecule has 0 aliphatic carbocycles. The van der Waals surface area contributed by atoms with Crippen molar-refractivity contribution in [2.24, 2.45) is 11.7 Å². The first kappa shape index (κ1) is 15.9. The Morgan fingerprint density at radius 1 is 1.31 bits per heavy atom. The highest BCUT2D eigenvalue weighted by Crippen LogP contribution is 2.35. The van der Waals surface area contributed by atoms with E-state index in [0.29, 0.717) is 16.5 Å². The molecule has 0 spiro atoms. The van der Waals surface area contributed by atoms with Gasteiger partial charge in [-0.1, -0.05) is 37.0 Å². The summed E-state index contributed by atoms with van der Waals surface area (Å²) in [6.07, 6.45) is 0.782. The van der Waals surface area contributed by atoms with Crippen LogP contribution in [0.15, 0.2) is 12.1 Å². The number of hydrogen-bond acceptors (Lipinski definition) is 2. The van der Waals surface area contributed by atoms with Crippen molar-refractivity contribution >= 4 is 35.6 Å². The Labute approximate surface area is 112 Å². The SMILES string of the molecule is CC(C)C[C@H](N)c1cc(Cl)cc(Cl)c1O.Cl. The van der Waals surface area contributed by atoms with Crippen LogP contribution in [0.4, 0.5) is 0 Å². The first-order valence-corrected chi connectivity index (χ1v) is 5.61. The zero-order chi connectivity index (χ0) is 11.6. The molecule has 0 saturated heterocycles. The third kappa shape index (κ3) is 4.02. The molecule has 0 unspecified atom stereocenters. The van der Waals surface area contributed by atoms with Crippen molar-refractivity contribution in [3.63, 3.8) is 0 Å². The van der Waals surface area contributed by atoms with Gasteiger partial charge in [-0.05, 0) is 24.5 Å². The molecule has 0 bridgehead atoms. The van der Waals surface area contributed by atoms with Crippen LogP contribution in [0.2, 0.25) is 10.0 Å². The predicted molar refractivity (Wildman–Crippen MR) is 71.8 cm³/mol. The number of benzene rings is 1. The van der Waals surface area contributed by atoms with Crippen molar-refractivity contribution in [1.82, 2.24) is 0 Å². The van der Waals surface area contributed by atoms with Gasteiger partial charge in [0, 0.05) is 16.6 Å². The Morgan fingerprint density at radius 2 is 1.88 bits per heavy atom. The summed E-state index contributed by atoms with van der Waals surface area (Å²) in [6, 6.07) is 2.93. The van der Waals surface area contributed by atoms with Gasteiger partial charge >= 0.3 is 0 Å². The Kier molecular flexibility index (Phi) is 6.49. The van der Waals surface area contributed by atoms with Crippen molar-refractivity contribution in [3.05, 3.63) is 27.7 Å². The van der Waals surface area contributed by atoms with E-state index in [1.807, 2.05) is 0 Å². The minimum absolute atomic E-state index is 0. The summed E-state index contributed by atoms with van der Waals surface area (Å²) in [5.41, 5.74) is 6.57. The molecule has 0 amide bonds. The van der Waals surface area contributed by atoms with Crippen LogP contribution in [0.3, 0.4) is 0 Å². The molecular weight excluding hydrogens is 268 g/mol. The Bertz CT molecular complexity index is 355. The lowest BCUT2D eigenvalue weighted by atomic mass is 9.97. The summed E-state index contributed by atoms with van der Waals surface area (Å²) in [5, 5.41) is 10.5. The highest BCUT2D eigenvalue weighted by molar-refractivity contribution is 6.35. The lowest BCUT2D eigenvalue weighted by Gasteiger charge is -2.16. The summed E-state index contributed by atoms with van der Waals surface area (Å²) < 4.78 is 0. The van der Waals surface area contributed by atoms with Crippen LogP contribution in [-0.2, 0) is 0 Å². The van der Waals surface area contributed by atoms with Gasteiger partial charge in [0.15, 0.2) is 0 Å². The quantitative estimate of drug-likeness (QED) is 0.875. The molecule has 0 saturated carbocycles. The van der Waals surface area contributed by atoms with E-state index in [2.05, 4.69) is 13.8 Å². The maximum absolute atomic E-state index is 9.73. The van der Waals surface area contributed by atoms with Gasteiger partial charge < -0.3 is 10.8 Å². The van der Waals surface area contributed by atoms with E-state index >= 15 is 0 Å². The third-order valence-corrected chi connectivity index (χ3v) is 2.69. The molecule has 1 aromatic carbocycles. The molecule has 1 rings (SSSR count). The van der Waals surface area contributed by atoms with Crippen LogP contribution >= 0.6 is 35.6 Å². The number of phenols is 1. The molecule has 1 atom stereocenters. The fraction of sp³-hybridized carbons (Fsp3) is 0.455. The zero-order valence-electron chi connectivity index (χ0n) is 9.21. The molecule has 0 aliphatic rings. The van der Waals surface area contributed by atoms with Crippen molar-refractivity contribution < 1.29 is 5.11 Å². The predicted octanol–water partition coefficient (Wildman–Crippen LogP) is 4.17. The first-order valence-electron chi connectivity index (χ1n) is 4.85. The second kappa shape index (κ2) is 6.55. The first-order chi connectivity index (χ1) is 6.91. The number of hydrogen-bond donors (Lipinski definition) is 2. The van der Waals surface area contributed by atoms with Crippen LogP contribution in [0.25, 0.3) is 0 Å². The number of nitrogens with two attached hydrogens (primary N) is 1. The maximum atomic E-state index is 9.73. The Morgan fingerprint density at radius 3 is 2.38 bits per heavy atom. The van der Waals surface area contributed by atoms with Crippen LogP contribution in [-0.4, -0.2) is 5.11 Å². The van der Waals surface area contributed by atoms with Gasteiger partial charge in [0.25, 0.3) is 0 Å². The van der Waals surface area contributed by atoms with Gasteiger partial charge in [-0.15, -0.1) is 12.4 Å². The Hall–Kier alpha value is -0.150. The average molecular weight is 285 g/mol. The lowest BCUT2D eigenvalue weighted by Crippen LogP contribution is -2.13. The molecule has 3 N–H and O–H groups in total. The van der Waals surface area contributed by atoms with Crippen molar-refractivity contribution in [1.29, 1.82) is 0 Å². The van der Waals surface area contributed by atoms with Crippen LogP contribution in [0, 0.1) is 5.92 Å². The van der Waals surface area contributed by atoms with Crippen molar-refractivity contribution in [3.8, 4) is 5.75 Å². The van der Waals surface area contributed by atoms with E-state index in [9.17, 15) is 5.11 Å². The number of rotatable bonds is 3. The van der Waals surface area contributed by atoms with Gasteiger partial charge in [-0.2, -0.15) is 0 Å². The molecule has 2 nitrogen and oxygen atoms in total. The second-order valence-corrected chi connectivity index (χ2v) is 4.91. The monoisotopic (exact) mass is 283 g/mol. The summed E-state index contributed by atoms with van der Waals surface area (Å²) in [4.78, 5) is 0. The molecule has 0 aromatic heterocycles. The fourth-order valence-electron chi connectivity index (χ4n) is 1.50. The minimum Gasteiger partial charge on any atom is -0.506 e. The Balaban J connectivity index is 0.00000225. The molecule has 16 heavy (non-hydrogen) atoms. The summed E-state index contributed by atoms with van der Waals surface area (Å²) in [7, 11) is 0. The molecule has 5 heteroatoms. The van der Waals surface area contributed by atoms with E-state index in [1.165, 1.54) is 6.07 Å². The van der Waals surface area contributed by atoms with E-state index < -0.39 is 0 Å². The summed E-state index contributed by atoms with van der Waals surface area (Å²) in [6.45, 7) is 4.14. The third-order valence-electron chi connectivity index (χ3n) is 2.18. The standard InChI is InChI=1S/C11H15Cl2NO.ClH/c1-6(2)3-10(14)8-4-7(12)5-9(13)11(8)15;/h4-6,10,15H,3,14H2,1-2H3;1H/t10-;/m0./s1. The molecule has 0 fully saturated rings. The second-order valence-electron chi connectivity index (χ2n) is 4.06. The normalized spacial score (nSPS) is 12.4. The number of halogens is 3. The summed E-state index contributed by atoms with van der Waals surface area (Å²) in [5.74, 6) is 0.492. The van der Waals surface area contributed by atoms with Crippen LogP contribution in [0.5, 0.6) is 5.75 Å².